The largest absolute Gasteiger partial charge is 0.454 e. The van der Waals surface area contributed by atoms with Gasteiger partial charge in [-0.25, -0.2) is 0 Å². The Hall–Kier alpha value is -2.00. The van der Waals surface area contributed by atoms with Crippen LogP contribution in [0.1, 0.15) is 10.4 Å². The van der Waals surface area contributed by atoms with Gasteiger partial charge >= 0.3 is 0 Å². The first-order chi connectivity index (χ1) is 8.78. The van der Waals surface area contributed by atoms with Crippen LogP contribution in [0, 0.1) is 0 Å². The quantitative estimate of drug-likeness (QED) is 0.775. The zero-order valence-electron chi connectivity index (χ0n) is 9.35. The summed E-state index contributed by atoms with van der Waals surface area (Å²) in [6, 6.07) is 10.7. The van der Waals surface area contributed by atoms with E-state index in [1.165, 1.54) is 0 Å². The van der Waals surface area contributed by atoms with E-state index < -0.39 is 0 Å². The highest BCUT2D eigenvalue weighted by molar-refractivity contribution is 6.33. The van der Waals surface area contributed by atoms with Crippen LogP contribution in [0.2, 0.25) is 5.02 Å². The second-order valence-corrected chi connectivity index (χ2v) is 4.33. The molecule has 0 saturated carbocycles. The molecule has 18 heavy (non-hydrogen) atoms. The zero-order valence-corrected chi connectivity index (χ0v) is 10.1. The summed E-state index contributed by atoms with van der Waals surface area (Å²) in [5.41, 5.74) is 2.29. The van der Waals surface area contributed by atoms with Crippen LogP contribution in [-0.2, 0) is 0 Å². The summed E-state index contributed by atoms with van der Waals surface area (Å²) in [7, 11) is 0. The van der Waals surface area contributed by atoms with Gasteiger partial charge in [-0.2, -0.15) is 0 Å². The summed E-state index contributed by atoms with van der Waals surface area (Å²) >= 11 is 6.15. The van der Waals surface area contributed by atoms with Gasteiger partial charge in [0.15, 0.2) is 11.5 Å². The highest BCUT2D eigenvalue weighted by Gasteiger charge is 2.15. The molecule has 3 nitrogen and oxygen atoms in total. The van der Waals surface area contributed by atoms with Gasteiger partial charge in [-0.3, -0.25) is 4.79 Å². The lowest BCUT2D eigenvalue weighted by Gasteiger charge is -2.06. The Kier molecular flexibility index (Phi) is 2.68. The van der Waals surface area contributed by atoms with Crippen molar-refractivity contribution in [2.45, 2.75) is 0 Å². The van der Waals surface area contributed by atoms with E-state index in [1.807, 2.05) is 18.2 Å². The molecule has 1 heterocycles. The van der Waals surface area contributed by atoms with Gasteiger partial charge in [0.05, 0.1) is 0 Å². The number of carbonyl (C=O) groups excluding carboxylic acids is 1. The monoisotopic (exact) mass is 260 g/mol. The number of carbonyl (C=O) groups is 1. The van der Waals surface area contributed by atoms with Crippen LogP contribution in [0.5, 0.6) is 11.5 Å². The molecule has 0 aliphatic carbocycles. The van der Waals surface area contributed by atoms with E-state index >= 15 is 0 Å². The van der Waals surface area contributed by atoms with Crippen molar-refractivity contribution in [2.75, 3.05) is 6.79 Å². The van der Waals surface area contributed by atoms with Gasteiger partial charge in [-0.1, -0.05) is 23.7 Å². The van der Waals surface area contributed by atoms with Crippen molar-refractivity contribution in [3.05, 3.63) is 47.0 Å². The lowest BCUT2D eigenvalue weighted by atomic mass is 10.0. The standard InChI is InChI=1S/C14H9ClO3/c15-12-3-1-9(7-16)5-11(12)10-2-4-13-14(6-10)18-8-17-13/h1-7H,8H2. The normalized spacial score (nSPS) is 12.5. The van der Waals surface area contributed by atoms with E-state index in [9.17, 15) is 4.79 Å². The lowest BCUT2D eigenvalue weighted by Crippen LogP contribution is -1.92. The van der Waals surface area contributed by atoms with E-state index in [0.717, 1.165) is 23.2 Å². The lowest BCUT2D eigenvalue weighted by molar-refractivity contribution is 0.112. The summed E-state index contributed by atoms with van der Waals surface area (Å²) in [5, 5.41) is 0.597. The maximum atomic E-state index is 10.8. The predicted molar refractivity (Wildman–Crippen MR) is 68.4 cm³/mol. The Balaban J connectivity index is 2.11. The van der Waals surface area contributed by atoms with E-state index in [1.54, 1.807) is 18.2 Å². The fourth-order valence-corrected chi connectivity index (χ4v) is 2.13. The molecule has 0 radical (unpaired) electrons. The number of halogens is 1. The Labute approximate surface area is 109 Å². The first kappa shape index (κ1) is 11.1. The second kappa shape index (κ2) is 4.35. The molecule has 0 amide bonds. The van der Waals surface area contributed by atoms with Crippen molar-refractivity contribution in [2.24, 2.45) is 0 Å². The molecular weight excluding hydrogens is 252 g/mol. The highest BCUT2D eigenvalue weighted by Crippen LogP contribution is 2.38. The van der Waals surface area contributed by atoms with E-state index in [4.69, 9.17) is 21.1 Å². The predicted octanol–water partition coefficient (Wildman–Crippen LogP) is 3.55. The molecule has 0 unspecified atom stereocenters. The van der Waals surface area contributed by atoms with Gasteiger partial charge in [0, 0.05) is 16.1 Å². The van der Waals surface area contributed by atoms with Gasteiger partial charge in [-0.05, 0) is 29.8 Å². The molecular formula is C14H9ClO3. The minimum atomic E-state index is 0.237. The molecule has 0 aromatic heterocycles. The molecule has 1 aliphatic rings. The third-order valence-corrected chi connectivity index (χ3v) is 3.14. The Morgan fingerprint density at radius 2 is 1.89 bits per heavy atom. The van der Waals surface area contributed by atoms with Crippen LogP contribution in [-0.4, -0.2) is 13.1 Å². The molecule has 90 valence electrons. The van der Waals surface area contributed by atoms with Crippen molar-refractivity contribution in [3.8, 4) is 22.6 Å². The highest BCUT2D eigenvalue weighted by atomic mass is 35.5. The first-order valence-electron chi connectivity index (χ1n) is 5.43. The number of hydrogen-bond acceptors (Lipinski definition) is 3. The van der Waals surface area contributed by atoms with Crippen molar-refractivity contribution < 1.29 is 14.3 Å². The third-order valence-electron chi connectivity index (χ3n) is 2.81. The second-order valence-electron chi connectivity index (χ2n) is 3.93. The molecule has 3 rings (SSSR count). The van der Waals surface area contributed by atoms with Crippen molar-refractivity contribution in [1.82, 2.24) is 0 Å². The van der Waals surface area contributed by atoms with Gasteiger partial charge in [0.25, 0.3) is 0 Å². The minimum absolute atomic E-state index is 0.237. The van der Waals surface area contributed by atoms with Crippen LogP contribution in [0.25, 0.3) is 11.1 Å². The van der Waals surface area contributed by atoms with Crippen molar-refractivity contribution in [3.63, 3.8) is 0 Å². The Bertz CT molecular complexity index is 622. The number of rotatable bonds is 2. The van der Waals surface area contributed by atoms with Gasteiger partial charge in [-0.15, -0.1) is 0 Å². The molecule has 0 saturated heterocycles. The van der Waals surface area contributed by atoms with Crippen LogP contribution < -0.4 is 9.47 Å². The Morgan fingerprint density at radius 1 is 1.06 bits per heavy atom. The molecule has 1 aliphatic heterocycles. The van der Waals surface area contributed by atoms with Crippen LogP contribution >= 0.6 is 11.6 Å². The zero-order chi connectivity index (χ0) is 12.5. The molecule has 0 spiro atoms. The maximum Gasteiger partial charge on any atom is 0.231 e. The van der Waals surface area contributed by atoms with Crippen LogP contribution in [0.15, 0.2) is 36.4 Å². The van der Waals surface area contributed by atoms with Crippen molar-refractivity contribution in [1.29, 1.82) is 0 Å². The van der Waals surface area contributed by atoms with E-state index in [-0.39, 0.29) is 6.79 Å². The van der Waals surface area contributed by atoms with Gasteiger partial charge < -0.3 is 9.47 Å². The summed E-state index contributed by atoms with van der Waals surface area (Å²) < 4.78 is 10.6. The number of benzene rings is 2. The average molecular weight is 261 g/mol. The number of aldehydes is 1. The topological polar surface area (TPSA) is 35.5 Å². The first-order valence-corrected chi connectivity index (χ1v) is 5.80. The van der Waals surface area contributed by atoms with Gasteiger partial charge in [0.1, 0.15) is 6.29 Å². The van der Waals surface area contributed by atoms with Crippen molar-refractivity contribution >= 4 is 17.9 Å². The van der Waals surface area contributed by atoms with E-state index in [2.05, 4.69) is 0 Å². The minimum Gasteiger partial charge on any atom is -0.454 e. The summed E-state index contributed by atoms with van der Waals surface area (Å²) in [4.78, 5) is 10.8. The SMILES string of the molecule is O=Cc1ccc(Cl)c(-c2ccc3c(c2)OCO3)c1. The summed E-state index contributed by atoms with van der Waals surface area (Å²) in [6.45, 7) is 0.237. The smallest absolute Gasteiger partial charge is 0.231 e. The van der Waals surface area contributed by atoms with Crippen LogP contribution in [0.4, 0.5) is 0 Å². The van der Waals surface area contributed by atoms with E-state index in [0.29, 0.717) is 16.3 Å². The average Bonchev–Trinajstić information content (AvgIpc) is 2.86. The van der Waals surface area contributed by atoms with Gasteiger partial charge in [0.2, 0.25) is 6.79 Å². The Morgan fingerprint density at radius 3 is 2.72 bits per heavy atom. The molecule has 0 N–H and O–H groups in total. The molecule has 4 heteroatoms. The van der Waals surface area contributed by atoms with Crippen LogP contribution in [0.3, 0.4) is 0 Å². The molecule has 0 atom stereocenters. The summed E-state index contributed by atoms with van der Waals surface area (Å²) in [6.07, 6.45) is 0.798. The number of hydrogen-bond donors (Lipinski definition) is 0. The molecule has 0 bridgehead atoms. The molecule has 0 fully saturated rings. The molecule has 2 aromatic rings. The fourth-order valence-electron chi connectivity index (χ4n) is 1.90. The molecule has 2 aromatic carbocycles. The number of ether oxygens (including phenoxy) is 2. The fraction of sp³-hybridized carbons (Fsp3) is 0.0714. The summed E-state index contributed by atoms with van der Waals surface area (Å²) in [5.74, 6) is 1.42. The third kappa shape index (κ3) is 1.83. The number of fused-ring (bicyclic) bond motifs is 1. The maximum absolute atomic E-state index is 10.8.